The number of aromatic nitrogens is 4. The van der Waals surface area contributed by atoms with Gasteiger partial charge >= 0.3 is 0 Å². The topological polar surface area (TPSA) is 102 Å². The van der Waals surface area contributed by atoms with Gasteiger partial charge in [0, 0.05) is 42.0 Å². The Bertz CT molecular complexity index is 1240. The minimum atomic E-state index is -0.438. The van der Waals surface area contributed by atoms with E-state index in [1.807, 2.05) is 12.1 Å². The average Bonchev–Trinajstić information content (AvgIpc) is 3.41. The molecule has 0 radical (unpaired) electrons. The molecule has 2 aliphatic rings. The maximum Gasteiger partial charge on any atom is 0.296 e. The number of nitrogens with one attached hydrogen (secondary N) is 2. The lowest BCUT2D eigenvalue weighted by Crippen LogP contribution is -2.19. The molecule has 1 atom stereocenters. The van der Waals surface area contributed by atoms with Crippen molar-refractivity contribution in [1.29, 1.82) is 0 Å². The van der Waals surface area contributed by atoms with Gasteiger partial charge in [-0.1, -0.05) is 55.3 Å². The first kappa shape index (κ1) is 26.9. The van der Waals surface area contributed by atoms with E-state index in [0.29, 0.717) is 51.2 Å². The van der Waals surface area contributed by atoms with Crippen molar-refractivity contribution >= 4 is 34.9 Å². The van der Waals surface area contributed by atoms with Gasteiger partial charge in [-0.15, -0.1) is 5.10 Å². The van der Waals surface area contributed by atoms with Crippen molar-refractivity contribution in [2.75, 3.05) is 25.1 Å². The second kappa shape index (κ2) is 12.9. The molecule has 38 heavy (non-hydrogen) atoms. The third kappa shape index (κ3) is 7.04. The van der Waals surface area contributed by atoms with Gasteiger partial charge < -0.3 is 14.8 Å². The van der Waals surface area contributed by atoms with Crippen LogP contribution in [0.2, 0.25) is 10.0 Å². The molecule has 1 aliphatic carbocycles. The van der Waals surface area contributed by atoms with Crippen molar-refractivity contribution in [3.8, 4) is 16.9 Å². The summed E-state index contributed by atoms with van der Waals surface area (Å²) in [5.41, 5.74) is 1.33. The molecule has 1 unspecified atom stereocenters. The highest BCUT2D eigenvalue weighted by Crippen LogP contribution is 2.37. The normalized spacial score (nSPS) is 18.3. The van der Waals surface area contributed by atoms with Gasteiger partial charge in [-0.2, -0.15) is 0 Å². The Kier molecular flexibility index (Phi) is 9.14. The first-order valence-electron chi connectivity index (χ1n) is 13.4. The molecule has 3 aromatic rings. The molecule has 202 valence electrons. The molecule has 10 heteroatoms. The van der Waals surface area contributed by atoms with E-state index in [-0.39, 0.29) is 5.82 Å². The number of benzene rings is 1. The number of nitrogens with zero attached hydrogens (tertiary/aromatic N) is 3. The zero-order chi connectivity index (χ0) is 26.3. The molecule has 0 spiro atoms. The average molecular weight is 559 g/mol. The van der Waals surface area contributed by atoms with Crippen molar-refractivity contribution in [2.45, 2.75) is 57.8 Å². The Morgan fingerprint density at radius 3 is 2.68 bits per heavy atom. The number of carbonyl (C=O) groups is 1. The van der Waals surface area contributed by atoms with Crippen molar-refractivity contribution in [3.05, 3.63) is 52.2 Å². The Labute approximate surface area is 232 Å². The number of aromatic amines is 1. The fourth-order valence-corrected chi connectivity index (χ4v) is 5.64. The van der Waals surface area contributed by atoms with Crippen molar-refractivity contribution in [3.63, 3.8) is 0 Å². The van der Waals surface area contributed by atoms with Gasteiger partial charge in [-0.25, -0.2) is 9.97 Å². The second-order valence-corrected chi connectivity index (χ2v) is 11.0. The summed E-state index contributed by atoms with van der Waals surface area (Å²) in [6, 6.07) is 7.18. The van der Waals surface area contributed by atoms with Gasteiger partial charge in [0.2, 0.25) is 5.82 Å². The van der Waals surface area contributed by atoms with Crippen molar-refractivity contribution in [2.24, 2.45) is 11.8 Å². The fraction of sp³-hybridized carbons (Fsp3) is 0.500. The number of hydrogen-bond donors (Lipinski definition) is 2. The number of pyridine rings is 1. The molecular formula is C28H33Cl2N5O3. The van der Waals surface area contributed by atoms with E-state index in [2.05, 4.69) is 25.5 Å². The van der Waals surface area contributed by atoms with Crippen LogP contribution in [0.3, 0.4) is 0 Å². The lowest BCUT2D eigenvalue weighted by molar-refractivity contribution is 0.0462. The number of H-pyrrole nitrogens is 1. The molecule has 1 saturated heterocycles. The van der Waals surface area contributed by atoms with Gasteiger partial charge in [0.1, 0.15) is 17.4 Å². The first-order chi connectivity index (χ1) is 18.5. The third-order valence-corrected chi connectivity index (χ3v) is 7.95. The second-order valence-electron chi connectivity index (χ2n) is 10.2. The highest BCUT2D eigenvalue weighted by molar-refractivity contribution is 6.36. The van der Waals surface area contributed by atoms with Crippen LogP contribution in [-0.2, 0) is 11.2 Å². The van der Waals surface area contributed by atoms with Gasteiger partial charge in [-0.05, 0) is 55.4 Å². The number of ether oxygens (including phenoxy) is 2. The summed E-state index contributed by atoms with van der Waals surface area (Å²) in [4.78, 5) is 21.5. The van der Waals surface area contributed by atoms with E-state index in [1.165, 1.54) is 44.7 Å². The highest BCUT2D eigenvalue weighted by atomic mass is 35.5. The van der Waals surface area contributed by atoms with Gasteiger partial charge in [0.25, 0.3) is 5.91 Å². The lowest BCUT2D eigenvalue weighted by atomic mass is 9.87. The zero-order valence-corrected chi connectivity index (χ0v) is 22.9. The predicted molar refractivity (Wildman–Crippen MR) is 148 cm³/mol. The molecule has 1 aliphatic heterocycles. The van der Waals surface area contributed by atoms with Crippen LogP contribution >= 0.6 is 23.2 Å². The van der Waals surface area contributed by atoms with Gasteiger partial charge in [-0.3, -0.25) is 9.89 Å². The molecule has 1 saturated carbocycles. The van der Waals surface area contributed by atoms with Crippen LogP contribution in [0.25, 0.3) is 11.1 Å². The van der Waals surface area contributed by atoms with Crippen LogP contribution in [0.15, 0.2) is 30.5 Å². The highest BCUT2D eigenvalue weighted by Gasteiger charge is 2.20. The number of halogens is 2. The summed E-state index contributed by atoms with van der Waals surface area (Å²) in [5.74, 6) is 2.55. The minimum Gasteiger partial charge on any atom is -0.494 e. The summed E-state index contributed by atoms with van der Waals surface area (Å²) in [6.07, 6.45) is 11.7. The largest absolute Gasteiger partial charge is 0.494 e. The standard InChI is InChI=1S/C28H33Cl2N5O3/c29-23-9-8-20(38-12-10-19-7-4-11-37-17-19)14-21(23)22-15-25(31-16-24(22)30)33-28(36)27-32-26(34-35-27)13-18-5-2-1-3-6-18/h8-9,14-16,18-19H,1-7,10-13,17H2,(H,31,33,36)(H,32,34,35). The monoisotopic (exact) mass is 557 g/mol. The summed E-state index contributed by atoms with van der Waals surface area (Å²) in [5, 5.41) is 10.7. The maximum absolute atomic E-state index is 12.8. The van der Waals surface area contributed by atoms with Crippen LogP contribution in [0, 0.1) is 11.8 Å². The first-order valence-corrected chi connectivity index (χ1v) is 14.2. The smallest absolute Gasteiger partial charge is 0.296 e. The van der Waals surface area contributed by atoms with E-state index in [1.54, 1.807) is 12.1 Å². The van der Waals surface area contributed by atoms with Crippen molar-refractivity contribution < 1.29 is 14.3 Å². The summed E-state index contributed by atoms with van der Waals surface area (Å²) >= 11 is 13.0. The van der Waals surface area contributed by atoms with Crippen LogP contribution in [-0.4, -0.2) is 45.9 Å². The number of hydrogen-bond acceptors (Lipinski definition) is 6. The van der Waals surface area contributed by atoms with Crippen LogP contribution < -0.4 is 10.1 Å². The van der Waals surface area contributed by atoms with Crippen molar-refractivity contribution in [1.82, 2.24) is 20.2 Å². The maximum atomic E-state index is 12.8. The summed E-state index contributed by atoms with van der Waals surface area (Å²) in [7, 11) is 0. The predicted octanol–water partition coefficient (Wildman–Crippen LogP) is 6.74. The SMILES string of the molecule is O=C(Nc1cc(-c2cc(OCCC3CCCOC3)ccc2Cl)c(Cl)cn1)c1n[nH]c(CC2CCCCC2)n1. The molecule has 8 nitrogen and oxygen atoms in total. The Balaban J connectivity index is 1.24. The third-order valence-electron chi connectivity index (χ3n) is 7.32. The number of rotatable bonds is 9. The molecule has 2 N–H and O–H groups in total. The van der Waals surface area contributed by atoms with Crippen LogP contribution in [0.4, 0.5) is 5.82 Å². The van der Waals surface area contributed by atoms with Crippen LogP contribution in [0.1, 0.15) is 67.8 Å². The molecule has 2 fully saturated rings. The summed E-state index contributed by atoms with van der Waals surface area (Å²) < 4.78 is 11.6. The molecule has 1 aromatic carbocycles. The van der Waals surface area contributed by atoms with E-state index in [0.717, 1.165) is 38.3 Å². The Hall–Kier alpha value is -2.68. The van der Waals surface area contributed by atoms with Gasteiger partial charge in [0.05, 0.1) is 11.6 Å². The molecular weight excluding hydrogens is 525 g/mol. The molecule has 0 bridgehead atoms. The molecule has 3 heterocycles. The number of amides is 1. The quantitative estimate of drug-likeness (QED) is 0.302. The Morgan fingerprint density at radius 2 is 1.87 bits per heavy atom. The molecule has 1 amide bonds. The molecule has 5 rings (SSSR count). The van der Waals surface area contributed by atoms with E-state index in [4.69, 9.17) is 32.7 Å². The summed E-state index contributed by atoms with van der Waals surface area (Å²) in [6.45, 7) is 2.25. The zero-order valence-electron chi connectivity index (χ0n) is 21.3. The minimum absolute atomic E-state index is 0.0888. The van der Waals surface area contributed by atoms with E-state index < -0.39 is 5.91 Å². The van der Waals surface area contributed by atoms with Gasteiger partial charge in [0.15, 0.2) is 0 Å². The number of carbonyl (C=O) groups excluding carboxylic acids is 1. The van der Waals surface area contributed by atoms with E-state index >= 15 is 0 Å². The lowest BCUT2D eigenvalue weighted by Gasteiger charge is -2.22. The fourth-order valence-electron chi connectivity index (χ4n) is 5.22. The van der Waals surface area contributed by atoms with E-state index in [9.17, 15) is 4.79 Å². The van der Waals surface area contributed by atoms with Crippen LogP contribution in [0.5, 0.6) is 5.75 Å². The Morgan fingerprint density at radius 1 is 1.05 bits per heavy atom. The molecule has 2 aromatic heterocycles. The number of anilines is 1.